The lowest BCUT2D eigenvalue weighted by Crippen LogP contribution is -2.24. The lowest BCUT2D eigenvalue weighted by molar-refractivity contribution is -0.385. The predicted molar refractivity (Wildman–Crippen MR) is 64.8 cm³/mol. The maximum atomic E-state index is 11.0. The number of aliphatic hydroxyl groups is 1. The molecule has 0 aliphatic rings. The molecule has 0 bridgehead atoms. The van der Waals surface area contributed by atoms with E-state index < -0.39 is 17.1 Å². The van der Waals surface area contributed by atoms with Gasteiger partial charge in [0.1, 0.15) is 0 Å². The first-order valence-electron chi connectivity index (χ1n) is 5.26. The Labute approximate surface area is 104 Å². The standard InChI is InChI=1S/C11H16N2O5/c1-6(14)11(12)7-4-9(17-2)10(18-3)5-8(7)13(15)16/h4-6,11,14H,12H2,1-3H3/t6-,11-/m0/s1. The molecule has 1 rings (SSSR count). The van der Waals surface area contributed by atoms with Crippen molar-refractivity contribution in [3.8, 4) is 11.5 Å². The zero-order valence-electron chi connectivity index (χ0n) is 10.4. The van der Waals surface area contributed by atoms with Crippen molar-refractivity contribution in [2.75, 3.05) is 14.2 Å². The van der Waals surface area contributed by atoms with E-state index in [0.29, 0.717) is 5.75 Å². The van der Waals surface area contributed by atoms with Gasteiger partial charge in [-0.25, -0.2) is 0 Å². The zero-order valence-corrected chi connectivity index (χ0v) is 10.4. The topological polar surface area (TPSA) is 108 Å². The van der Waals surface area contributed by atoms with Crippen LogP contribution in [0, 0.1) is 10.1 Å². The van der Waals surface area contributed by atoms with Crippen LogP contribution in [-0.2, 0) is 0 Å². The highest BCUT2D eigenvalue weighted by molar-refractivity contribution is 5.55. The second-order valence-electron chi connectivity index (χ2n) is 3.79. The minimum atomic E-state index is -0.915. The van der Waals surface area contributed by atoms with Crippen LogP contribution in [0.5, 0.6) is 11.5 Å². The molecule has 0 saturated carbocycles. The molecule has 0 aliphatic carbocycles. The Balaban J connectivity index is 3.42. The van der Waals surface area contributed by atoms with E-state index in [1.165, 1.54) is 33.3 Å². The van der Waals surface area contributed by atoms with Crippen molar-refractivity contribution in [1.82, 2.24) is 0 Å². The number of hydrogen-bond donors (Lipinski definition) is 2. The number of rotatable bonds is 5. The second kappa shape index (κ2) is 5.65. The monoisotopic (exact) mass is 256 g/mol. The molecule has 0 fully saturated rings. The van der Waals surface area contributed by atoms with Crippen LogP contribution in [0.15, 0.2) is 12.1 Å². The Morgan fingerprint density at radius 3 is 2.22 bits per heavy atom. The minimum absolute atomic E-state index is 0.202. The normalized spacial score (nSPS) is 13.8. The van der Waals surface area contributed by atoms with Crippen molar-refractivity contribution in [3.63, 3.8) is 0 Å². The number of nitro benzene ring substituents is 1. The van der Waals surface area contributed by atoms with Crippen LogP contribution in [0.25, 0.3) is 0 Å². The van der Waals surface area contributed by atoms with E-state index in [1.54, 1.807) is 0 Å². The number of ether oxygens (including phenoxy) is 2. The third-order valence-corrected chi connectivity index (χ3v) is 2.61. The van der Waals surface area contributed by atoms with Crippen molar-refractivity contribution in [1.29, 1.82) is 0 Å². The number of nitro groups is 1. The van der Waals surface area contributed by atoms with Gasteiger partial charge in [0.15, 0.2) is 11.5 Å². The molecule has 2 atom stereocenters. The molecular formula is C11H16N2O5. The number of aliphatic hydroxyl groups excluding tert-OH is 1. The summed E-state index contributed by atoms with van der Waals surface area (Å²) in [6.45, 7) is 1.46. The molecule has 1 aromatic carbocycles. The molecule has 0 amide bonds. The lowest BCUT2D eigenvalue weighted by Gasteiger charge is -2.17. The third kappa shape index (κ3) is 2.69. The molecule has 0 aromatic heterocycles. The molecule has 0 radical (unpaired) electrons. The van der Waals surface area contributed by atoms with Crippen LogP contribution in [-0.4, -0.2) is 30.4 Å². The summed E-state index contributed by atoms with van der Waals surface area (Å²) in [6.07, 6.45) is -0.915. The maximum Gasteiger partial charge on any atom is 0.278 e. The van der Waals surface area contributed by atoms with Gasteiger partial charge in [-0.15, -0.1) is 0 Å². The molecular weight excluding hydrogens is 240 g/mol. The highest BCUT2D eigenvalue weighted by atomic mass is 16.6. The first-order chi connectivity index (χ1) is 8.42. The van der Waals surface area contributed by atoms with Crippen LogP contribution >= 0.6 is 0 Å². The molecule has 1 aromatic rings. The zero-order chi connectivity index (χ0) is 13.9. The average Bonchev–Trinajstić information content (AvgIpc) is 2.35. The van der Waals surface area contributed by atoms with Crippen LogP contribution in [0.4, 0.5) is 5.69 Å². The van der Waals surface area contributed by atoms with E-state index in [-0.39, 0.29) is 17.0 Å². The summed E-state index contributed by atoms with van der Waals surface area (Å²) in [5.41, 5.74) is 5.73. The third-order valence-electron chi connectivity index (χ3n) is 2.61. The number of nitrogens with two attached hydrogens (primary N) is 1. The largest absolute Gasteiger partial charge is 0.493 e. The van der Waals surface area contributed by atoms with Gasteiger partial charge in [-0.3, -0.25) is 10.1 Å². The van der Waals surface area contributed by atoms with Gasteiger partial charge < -0.3 is 20.3 Å². The summed E-state index contributed by atoms with van der Waals surface area (Å²) in [5.74, 6) is 0.569. The van der Waals surface area contributed by atoms with Crippen LogP contribution in [0.1, 0.15) is 18.5 Å². The number of methoxy groups -OCH3 is 2. The lowest BCUT2D eigenvalue weighted by atomic mass is 10.0. The molecule has 0 spiro atoms. The van der Waals surface area contributed by atoms with E-state index in [4.69, 9.17) is 15.2 Å². The highest BCUT2D eigenvalue weighted by Gasteiger charge is 2.26. The molecule has 0 heterocycles. The average molecular weight is 256 g/mol. The van der Waals surface area contributed by atoms with Gasteiger partial charge in [0, 0.05) is 0 Å². The van der Waals surface area contributed by atoms with Crippen molar-refractivity contribution in [2.45, 2.75) is 19.1 Å². The summed E-state index contributed by atoms with van der Waals surface area (Å²) in [7, 11) is 2.80. The molecule has 18 heavy (non-hydrogen) atoms. The quantitative estimate of drug-likeness (QED) is 0.600. The van der Waals surface area contributed by atoms with Crippen LogP contribution < -0.4 is 15.2 Å². The summed E-state index contributed by atoms with van der Waals surface area (Å²) < 4.78 is 10.0. The van der Waals surface area contributed by atoms with E-state index >= 15 is 0 Å². The van der Waals surface area contributed by atoms with Gasteiger partial charge in [0.2, 0.25) is 0 Å². The van der Waals surface area contributed by atoms with Gasteiger partial charge in [-0.2, -0.15) is 0 Å². The van der Waals surface area contributed by atoms with Crippen molar-refractivity contribution < 1.29 is 19.5 Å². The smallest absolute Gasteiger partial charge is 0.278 e. The van der Waals surface area contributed by atoms with Crippen LogP contribution in [0.2, 0.25) is 0 Å². The Kier molecular flexibility index (Phi) is 4.46. The van der Waals surface area contributed by atoms with Gasteiger partial charge >= 0.3 is 0 Å². The summed E-state index contributed by atoms with van der Waals surface area (Å²) >= 11 is 0. The number of nitrogens with zero attached hydrogens (tertiary/aromatic N) is 1. The first-order valence-corrected chi connectivity index (χ1v) is 5.26. The first kappa shape index (κ1) is 14.2. The van der Waals surface area contributed by atoms with E-state index in [9.17, 15) is 15.2 Å². The fraction of sp³-hybridized carbons (Fsp3) is 0.455. The minimum Gasteiger partial charge on any atom is -0.493 e. The van der Waals surface area contributed by atoms with Gasteiger partial charge in [-0.1, -0.05) is 0 Å². The van der Waals surface area contributed by atoms with Crippen molar-refractivity contribution in [3.05, 3.63) is 27.8 Å². The fourth-order valence-electron chi connectivity index (χ4n) is 1.57. The Bertz CT molecular complexity index is 447. The molecule has 100 valence electrons. The molecule has 7 nitrogen and oxygen atoms in total. The Morgan fingerprint density at radius 2 is 1.83 bits per heavy atom. The summed E-state index contributed by atoms with van der Waals surface area (Å²) in [5, 5.41) is 20.4. The SMILES string of the molecule is COc1cc([C@@H](N)[C@H](C)O)c([N+](=O)[O-])cc1OC. The predicted octanol–water partition coefficient (Wildman–Crippen LogP) is 0.993. The van der Waals surface area contributed by atoms with E-state index in [1.807, 2.05) is 0 Å². The highest BCUT2D eigenvalue weighted by Crippen LogP contribution is 2.37. The molecule has 0 unspecified atom stereocenters. The van der Waals surface area contributed by atoms with Crippen LogP contribution in [0.3, 0.4) is 0 Å². The van der Waals surface area contributed by atoms with Gasteiger partial charge in [0.25, 0.3) is 5.69 Å². The van der Waals surface area contributed by atoms with E-state index in [2.05, 4.69) is 0 Å². The van der Waals surface area contributed by atoms with Gasteiger partial charge in [0.05, 0.1) is 42.9 Å². The molecule has 7 heteroatoms. The molecule has 3 N–H and O–H groups in total. The number of hydrogen-bond acceptors (Lipinski definition) is 6. The Morgan fingerprint density at radius 1 is 1.33 bits per heavy atom. The van der Waals surface area contributed by atoms with Gasteiger partial charge in [-0.05, 0) is 13.0 Å². The summed E-state index contributed by atoms with van der Waals surface area (Å²) in [4.78, 5) is 10.4. The maximum absolute atomic E-state index is 11.0. The Hall–Kier alpha value is -1.86. The molecule has 0 aliphatic heterocycles. The van der Waals surface area contributed by atoms with Crippen molar-refractivity contribution in [2.24, 2.45) is 5.73 Å². The second-order valence-corrected chi connectivity index (χ2v) is 3.79. The fourth-order valence-corrected chi connectivity index (χ4v) is 1.57. The van der Waals surface area contributed by atoms with Crippen molar-refractivity contribution >= 4 is 5.69 Å². The molecule has 0 saturated heterocycles. The number of benzene rings is 1. The van der Waals surface area contributed by atoms with E-state index in [0.717, 1.165) is 0 Å². The summed E-state index contributed by atoms with van der Waals surface area (Å²) in [6, 6.07) is 1.77.